The number of thioether (sulfide) groups is 1. The number of aromatic nitrogens is 2. The van der Waals surface area contributed by atoms with Gasteiger partial charge in [0.2, 0.25) is 11.8 Å². The van der Waals surface area contributed by atoms with E-state index in [9.17, 15) is 10.1 Å². The molecule has 1 saturated carbocycles. The van der Waals surface area contributed by atoms with E-state index in [-0.39, 0.29) is 21.4 Å². The van der Waals surface area contributed by atoms with Crippen molar-refractivity contribution in [1.82, 2.24) is 15.1 Å². The van der Waals surface area contributed by atoms with Crippen molar-refractivity contribution in [2.24, 2.45) is 0 Å². The molecule has 8 heteroatoms. The molecular weight excluding hydrogens is 448 g/mol. The molecule has 6 rings (SSSR count). The predicted octanol–water partition coefficient (Wildman–Crippen LogP) is 6.23. The summed E-state index contributed by atoms with van der Waals surface area (Å²) in [7, 11) is 0. The number of hydrogen-bond donors (Lipinski definition) is 1. The zero-order chi connectivity index (χ0) is 23.3. The van der Waals surface area contributed by atoms with E-state index >= 15 is 0 Å². The Morgan fingerprint density at radius 3 is 2.59 bits per heavy atom. The summed E-state index contributed by atoms with van der Waals surface area (Å²) < 4.78 is 6.54. The van der Waals surface area contributed by atoms with Gasteiger partial charge in [-0.25, -0.2) is 0 Å². The molecule has 0 bridgehead atoms. The molecule has 34 heavy (non-hydrogen) atoms. The number of nitrogens with one attached hydrogen (secondary N) is 1. The maximum atomic E-state index is 11.3. The van der Waals surface area contributed by atoms with Gasteiger partial charge < -0.3 is 9.64 Å². The summed E-state index contributed by atoms with van der Waals surface area (Å²) in [5.74, 6) is 1.42. The van der Waals surface area contributed by atoms with E-state index in [0.717, 1.165) is 42.1 Å². The van der Waals surface area contributed by atoms with Gasteiger partial charge in [-0.15, -0.1) is 5.10 Å². The molecule has 0 saturated heterocycles. The number of non-ortho nitro benzene ring substituents is 1. The van der Waals surface area contributed by atoms with Crippen LogP contribution in [0.15, 0.2) is 65.4 Å². The smallest absolute Gasteiger partial charge is 0.269 e. The van der Waals surface area contributed by atoms with Crippen LogP contribution in [0.3, 0.4) is 0 Å². The Bertz CT molecular complexity index is 1260. The molecule has 0 radical (unpaired) electrons. The first-order valence-corrected chi connectivity index (χ1v) is 12.6. The van der Waals surface area contributed by atoms with Gasteiger partial charge in [0.05, 0.1) is 20.6 Å². The van der Waals surface area contributed by atoms with Crippen LogP contribution in [-0.4, -0.2) is 24.9 Å². The van der Waals surface area contributed by atoms with Crippen molar-refractivity contribution in [3.63, 3.8) is 0 Å². The van der Waals surface area contributed by atoms with Crippen LogP contribution in [0.4, 0.5) is 5.69 Å². The Morgan fingerprint density at radius 1 is 1.15 bits per heavy atom. The second-order valence-corrected chi connectivity index (χ2v) is 10.7. The van der Waals surface area contributed by atoms with Crippen LogP contribution in [0, 0.1) is 17.0 Å². The van der Waals surface area contributed by atoms with Crippen LogP contribution >= 0.6 is 11.8 Å². The largest absolute Gasteiger partial charge is 0.420 e. The lowest BCUT2D eigenvalue weighted by Gasteiger charge is -2.42. The lowest BCUT2D eigenvalue weighted by molar-refractivity contribution is -0.384. The van der Waals surface area contributed by atoms with E-state index in [4.69, 9.17) is 4.74 Å². The lowest BCUT2D eigenvalue weighted by Crippen LogP contribution is -2.44. The highest BCUT2D eigenvalue weighted by Crippen LogP contribution is 2.61. The molecule has 1 aliphatic carbocycles. The minimum absolute atomic E-state index is 0.0428. The van der Waals surface area contributed by atoms with Crippen molar-refractivity contribution >= 4 is 17.4 Å². The third-order valence-electron chi connectivity index (χ3n) is 7.21. The maximum absolute atomic E-state index is 11.3. The highest BCUT2D eigenvalue weighted by molar-refractivity contribution is 8.04. The van der Waals surface area contributed by atoms with Gasteiger partial charge in [0.15, 0.2) is 0 Å². The van der Waals surface area contributed by atoms with Gasteiger partial charge in [0.25, 0.3) is 5.69 Å². The summed E-state index contributed by atoms with van der Waals surface area (Å²) in [5.41, 5.74) is 4.36. The number of ether oxygens (including phenoxy) is 1. The number of aromatic amines is 1. The van der Waals surface area contributed by atoms with Crippen LogP contribution in [0.2, 0.25) is 0 Å². The van der Waals surface area contributed by atoms with Gasteiger partial charge >= 0.3 is 0 Å². The molecule has 1 spiro atoms. The van der Waals surface area contributed by atoms with Crippen molar-refractivity contribution in [3.8, 4) is 5.88 Å². The van der Waals surface area contributed by atoms with Gasteiger partial charge in [-0.3, -0.25) is 15.2 Å². The molecule has 174 valence electrons. The number of nitrogens with zero attached hydrogens (tertiary/aromatic N) is 3. The molecule has 1 unspecified atom stereocenters. The molecule has 1 aromatic heterocycles. The molecule has 3 aliphatic rings. The first kappa shape index (κ1) is 21.3. The molecule has 0 amide bonds. The van der Waals surface area contributed by atoms with Crippen LogP contribution in [0.5, 0.6) is 5.88 Å². The second kappa shape index (κ2) is 8.20. The molecule has 2 aromatic carbocycles. The van der Waals surface area contributed by atoms with E-state index in [1.165, 1.54) is 29.7 Å². The zero-order valence-electron chi connectivity index (χ0n) is 19.0. The second-order valence-electron chi connectivity index (χ2n) is 9.30. The summed E-state index contributed by atoms with van der Waals surface area (Å²) in [4.78, 5) is 14.5. The molecule has 3 aromatic rings. The van der Waals surface area contributed by atoms with Gasteiger partial charge in [-0.05, 0) is 30.9 Å². The summed E-state index contributed by atoms with van der Waals surface area (Å²) in [6.07, 6.45) is 5.88. The zero-order valence-corrected chi connectivity index (χ0v) is 19.8. The molecule has 2 aliphatic heterocycles. The van der Waals surface area contributed by atoms with Crippen molar-refractivity contribution in [2.75, 3.05) is 0 Å². The highest BCUT2D eigenvalue weighted by atomic mass is 32.2. The Hall–Kier alpha value is -3.26. The number of nitro groups is 1. The normalized spacial score (nSPS) is 20.7. The fraction of sp³-hybridized carbons (Fsp3) is 0.346. The SMILES string of the molecule is Cc1[nH]nc2c1C(c1ccc([N+](=O)[O-])cc1)C1=C(O2)N(Cc2ccccc2)C2(CCCCC2)S1. The van der Waals surface area contributed by atoms with Gasteiger partial charge in [0.1, 0.15) is 0 Å². The Morgan fingerprint density at radius 2 is 1.88 bits per heavy atom. The van der Waals surface area contributed by atoms with E-state index in [0.29, 0.717) is 5.88 Å². The van der Waals surface area contributed by atoms with E-state index < -0.39 is 0 Å². The van der Waals surface area contributed by atoms with Gasteiger partial charge in [0, 0.05) is 29.9 Å². The monoisotopic (exact) mass is 474 g/mol. The number of H-pyrrole nitrogens is 1. The fourth-order valence-electron chi connectivity index (χ4n) is 5.53. The van der Waals surface area contributed by atoms with Gasteiger partial charge in [-0.2, -0.15) is 0 Å². The van der Waals surface area contributed by atoms with Crippen molar-refractivity contribution in [2.45, 2.75) is 56.4 Å². The summed E-state index contributed by atoms with van der Waals surface area (Å²) in [5, 5.41) is 18.8. The fourth-order valence-corrected chi connectivity index (χ4v) is 7.30. The standard InChI is InChI=1S/C26H26N4O3S/c1-17-21-22(19-10-12-20(13-11-19)30(31)32)23-25(33-24(21)28-27-17)29(16-18-8-4-2-5-9-18)26(34-23)14-6-3-7-15-26/h2,4-5,8-13,22H,3,6-7,14-16H2,1H3,(H,27,28). The predicted molar refractivity (Wildman–Crippen MR) is 131 cm³/mol. The first-order valence-electron chi connectivity index (χ1n) is 11.8. The lowest BCUT2D eigenvalue weighted by atomic mass is 9.89. The van der Waals surface area contributed by atoms with Crippen LogP contribution in [0.1, 0.15) is 60.4 Å². The van der Waals surface area contributed by atoms with Crippen LogP contribution in [-0.2, 0) is 6.54 Å². The van der Waals surface area contributed by atoms with E-state index in [2.05, 4.69) is 39.4 Å². The summed E-state index contributed by atoms with van der Waals surface area (Å²) >= 11 is 1.94. The molecule has 1 atom stereocenters. The topological polar surface area (TPSA) is 84.3 Å². The summed E-state index contributed by atoms with van der Waals surface area (Å²) in [6, 6.07) is 17.5. The third-order valence-corrected chi connectivity index (χ3v) is 8.85. The van der Waals surface area contributed by atoms with Crippen molar-refractivity contribution in [1.29, 1.82) is 0 Å². The number of hydrogen-bond acceptors (Lipinski definition) is 6. The van der Waals surface area contributed by atoms with Crippen molar-refractivity contribution < 1.29 is 9.66 Å². The average Bonchev–Trinajstić information content (AvgIpc) is 3.36. The highest BCUT2D eigenvalue weighted by Gasteiger charge is 2.52. The Balaban J connectivity index is 1.48. The third kappa shape index (κ3) is 3.39. The average molecular weight is 475 g/mol. The number of aryl methyl sites for hydroxylation is 1. The Labute approximate surface area is 202 Å². The van der Waals surface area contributed by atoms with E-state index in [1.54, 1.807) is 12.1 Å². The number of nitro benzene ring substituents is 1. The van der Waals surface area contributed by atoms with E-state index in [1.807, 2.05) is 36.9 Å². The minimum Gasteiger partial charge on any atom is -0.420 e. The maximum Gasteiger partial charge on any atom is 0.269 e. The minimum atomic E-state index is -0.351. The molecule has 1 N–H and O–H groups in total. The van der Waals surface area contributed by atoms with Crippen LogP contribution in [0.25, 0.3) is 0 Å². The van der Waals surface area contributed by atoms with Gasteiger partial charge in [-0.1, -0.05) is 73.5 Å². The number of benzene rings is 2. The Kier molecular flexibility index (Phi) is 5.13. The number of rotatable bonds is 4. The molecule has 1 fully saturated rings. The number of allylic oxidation sites excluding steroid dienone is 1. The molecular formula is C26H26N4O3S. The van der Waals surface area contributed by atoms with Crippen molar-refractivity contribution in [3.05, 3.63) is 97.9 Å². The summed E-state index contributed by atoms with van der Waals surface area (Å²) in [6.45, 7) is 2.79. The number of fused-ring (bicyclic) bond motifs is 1. The molecule has 3 heterocycles. The molecule has 7 nitrogen and oxygen atoms in total. The first-order chi connectivity index (χ1) is 16.6. The quantitative estimate of drug-likeness (QED) is 0.356. The van der Waals surface area contributed by atoms with Crippen LogP contribution < -0.4 is 4.74 Å².